The molecule has 0 unspecified atom stereocenters. The lowest BCUT2D eigenvalue weighted by atomic mass is 10.1. The average Bonchev–Trinajstić information content (AvgIpc) is 2.37. The van der Waals surface area contributed by atoms with Gasteiger partial charge in [-0.2, -0.15) is 0 Å². The predicted molar refractivity (Wildman–Crippen MR) is 77.5 cm³/mol. The lowest BCUT2D eigenvalue weighted by Gasteiger charge is -2.07. The number of aromatic nitrogens is 3. The Morgan fingerprint density at radius 1 is 1.10 bits per heavy atom. The van der Waals surface area contributed by atoms with Gasteiger partial charge in [0.2, 0.25) is 0 Å². The zero-order valence-corrected chi connectivity index (χ0v) is 11.9. The second kappa shape index (κ2) is 4.96. The Morgan fingerprint density at radius 3 is 2.65 bits per heavy atom. The Bertz CT molecular complexity index is 816. The lowest BCUT2D eigenvalue weighted by molar-refractivity contribution is 0.631. The molecule has 6 heteroatoms. The van der Waals surface area contributed by atoms with Crippen LogP contribution in [0.15, 0.2) is 30.5 Å². The van der Waals surface area contributed by atoms with Crippen molar-refractivity contribution in [3.63, 3.8) is 0 Å². The van der Waals surface area contributed by atoms with Crippen molar-refractivity contribution in [3.8, 4) is 11.3 Å². The van der Waals surface area contributed by atoms with E-state index >= 15 is 0 Å². The molecule has 2 aromatic heterocycles. The minimum absolute atomic E-state index is 0.238. The summed E-state index contributed by atoms with van der Waals surface area (Å²) in [6.07, 6.45) is 1.61. The van der Waals surface area contributed by atoms with Crippen molar-refractivity contribution in [1.29, 1.82) is 0 Å². The van der Waals surface area contributed by atoms with E-state index in [0.717, 1.165) is 5.69 Å². The van der Waals surface area contributed by atoms with E-state index in [1.165, 1.54) is 6.07 Å². The van der Waals surface area contributed by atoms with E-state index in [0.29, 0.717) is 27.3 Å². The van der Waals surface area contributed by atoms with Crippen molar-refractivity contribution in [1.82, 2.24) is 15.0 Å². The highest BCUT2D eigenvalue weighted by molar-refractivity contribution is 6.31. The van der Waals surface area contributed by atoms with Gasteiger partial charge < -0.3 is 0 Å². The fraction of sp³-hybridized carbons (Fsp3) is 0.0714. The van der Waals surface area contributed by atoms with Gasteiger partial charge in [-0.3, -0.25) is 4.98 Å². The molecule has 0 bridgehead atoms. The summed E-state index contributed by atoms with van der Waals surface area (Å²) in [5, 5.41) is 0.557. The van der Waals surface area contributed by atoms with Crippen molar-refractivity contribution >= 4 is 34.2 Å². The summed E-state index contributed by atoms with van der Waals surface area (Å²) < 4.78 is 14.1. The van der Waals surface area contributed by atoms with Crippen molar-refractivity contribution < 1.29 is 4.39 Å². The minimum Gasteiger partial charge on any atom is -0.250 e. The number of nitrogens with zero attached hydrogens (tertiary/aromatic N) is 3. The van der Waals surface area contributed by atoms with E-state index in [9.17, 15) is 4.39 Å². The molecule has 0 radical (unpaired) electrons. The van der Waals surface area contributed by atoms with Crippen LogP contribution in [0, 0.1) is 12.7 Å². The van der Waals surface area contributed by atoms with E-state index in [1.54, 1.807) is 24.4 Å². The zero-order chi connectivity index (χ0) is 14.3. The SMILES string of the molecule is Cc1cnc2c(-c3ccc(Cl)cc3F)nc(Cl)cc2n1. The lowest BCUT2D eigenvalue weighted by Crippen LogP contribution is -1.95. The average molecular weight is 308 g/mol. The van der Waals surface area contributed by atoms with Gasteiger partial charge in [0.15, 0.2) is 0 Å². The molecule has 20 heavy (non-hydrogen) atoms. The molecule has 0 fully saturated rings. The van der Waals surface area contributed by atoms with Crippen LogP contribution in [0.5, 0.6) is 0 Å². The second-order valence-electron chi connectivity index (χ2n) is 4.30. The Kier molecular flexibility index (Phi) is 3.28. The largest absolute Gasteiger partial charge is 0.250 e. The molecule has 3 aromatic rings. The van der Waals surface area contributed by atoms with Crippen LogP contribution in [0.2, 0.25) is 10.2 Å². The number of hydrogen-bond acceptors (Lipinski definition) is 3. The minimum atomic E-state index is -0.476. The number of hydrogen-bond donors (Lipinski definition) is 0. The maximum Gasteiger partial charge on any atom is 0.134 e. The fourth-order valence-electron chi connectivity index (χ4n) is 1.95. The first-order chi connectivity index (χ1) is 9.54. The van der Waals surface area contributed by atoms with Gasteiger partial charge in [-0.15, -0.1) is 0 Å². The molecule has 0 aliphatic rings. The molecule has 0 aliphatic heterocycles. The Morgan fingerprint density at radius 2 is 1.90 bits per heavy atom. The van der Waals surface area contributed by atoms with Gasteiger partial charge in [0.05, 0.1) is 11.2 Å². The summed E-state index contributed by atoms with van der Waals surface area (Å²) in [6.45, 7) is 1.82. The van der Waals surface area contributed by atoms with Gasteiger partial charge >= 0.3 is 0 Å². The van der Waals surface area contributed by atoms with Crippen molar-refractivity contribution in [2.45, 2.75) is 6.92 Å². The van der Waals surface area contributed by atoms with Crippen LogP contribution < -0.4 is 0 Å². The van der Waals surface area contributed by atoms with Gasteiger partial charge in [0, 0.05) is 22.8 Å². The first kappa shape index (κ1) is 13.2. The molecule has 3 rings (SSSR count). The third-order valence-corrected chi connectivity index (χ3v) is 3.23. The Hall–Kier alpha value is -1.78. The van der Waals surface area contributed by atoms with Crippen LogP contribution in [0.1, 0.15) is 5.69 Å². The summed E-state index contributed by atoms with van der Waals surface area (Å²) in [6, 6.07) is 5.98. The Balaban J connectivity index is 2.35. The van der Waals surface area contributed by atoms with Gasteiger partial charge in [-0.05, 0) is 25.1 Å². The maximum absolute atomic E-state index is 14.1. The van der Waals surface area contributed by atoms with Gasteiger partial charge in [-0.1, -0.05) is 23.2 Å². The molecule has 0 N–H and O–H groups in total. The molecule has 100 valence electrons. The number of halogens is 3. The molecule has 2 heterocycles. The van der Waals surface area contributed by atoms with Crippen molar-refractivity contribution in [2.75, 3.05) is 0 Å². The van der Waals surface area contributed by atoms with E-state index < -0.39 is 5.82 Å². The number of rotatable bonds is 1. The summed E-state index contributed by atoms with van der Waals surface area (Å²) >= 11 is 11.7. The van der Waals surface area contributed by atoms with Gasteiger partial charge in [0.25, 0.3) is 0 Å². The Labute approximate surface area is 124 Å². The number of fused-ring (bicyclic) bond motifs is 1. The normalized spacial score (nSPS) is 11.0. The monoisotopic (exact) mass is 307 g/mol. The highest BCUT2D eigenvalue weighted by Crippen LogP contribution is 2.30. The second-order valence-corrected chi connectivity index (χ2v) is 5.12. The first-order valence-corrected chi connectivity index (χ1v) is 6.55. The third kappa shape index (κ3) is 2.32. The molecular weight excluding hydrogens is 300 g/mol. The molecule has 0 spiro atoms. The number of aryl methyl sites for hydroxylation is 1. The van der Waals surface area contributed by atoms with E-state index in [2.05, 4.69) is 15.0 Å². The number of pyridine rings is 1. The maximum atomic E-state index is 14.1. The standard InChI is InChI=1S/C14H8Cl2FN3/c1-7-6-18-14-11(19-7)5-12(16)20-13(14)9-3-2-8(15)4-10(9)17/h2-6H,1H3. The molecule has 3 nitrogen and oxygen atoms in total. The third-order valence-electron chi connectivity index (χ3n) is 2.80. The molecule has 1 aromatic carbocycles. The van der Waals surface area contributed by atoms with Crippen LogP contribution in [0.4, 0.5) is 4.39 Å². The van der Waals surface area contributed by atoms with Crippen molar-refractivity contribution in [2.24, 2.45) is 0 Å². The van der Waals surface area contributed by atoms with Gasteiger partial charge in [0.1, 0.15) is 22.2 Å². The van der Waals surface area contributed by atoms with Crippen LogP contribution in [0.25, 0.3) is 22.3 Å². The van der Waals surface area contributed by atoms with Crippen molar-refractivity contribution in [3.05, 3.63) is 52.1 Å². The van der Waals surface area contributed by atoms with Crippen LogP contribution in [0.3, 0.4) is 0 Å². The number of benzene rings is 1. The highest BCUT2D eigenvalue weighted by Gasteiger charge is 2.14. The molecular formula is C14H8Cl2FN3. The molecule has 0 amide bonds. The molecule has 0 saturated heterocycles. The summed E-state index contributed by atoms with van der Waals surface area (Å²) in [4.78, 5) is 12.8. The predicted octanol–water partition coefficient (Wildman–Crippen LogP) is 4.45. The van der Waals surface area contributed by atoms with E-state index in [1.807, 2.05) is 6.92 Å². The quantitative estimate of drug-likeness (QED) is 0.624. The van der Waals surface area contributed by atoms with E-state index in [4.69, 9.17) is 23.2 Å². The summed E-state index contributed by atoms with van der Waals surface area (Å²) in [7, 11) is 0. The summed E-state index contributed by atoms with van der Waals surface area (Å²) in [5.41, 5.74) is 2.48. The smallest absolute Gasteiger partial charge is 0.134 e. The molecule has 0 atom stereocenters. The fourth-order valence-corrected chi connectivity index (χ4v) is 2.30. The van der Waals surface area contributed by atoms with E-state index in [-0.39, 0.29) is 5.15 Å². The molecule has 0 saturated carbocycles. The zero-order valence-electron chi connectivity index (χ0n) is 10.4. The van der Waals surface area contributed by atoms with Crippen LogP contribution >= 0.6 is 23.2 Å². The summed E-state index contributed by atoms with van der Waals surface area (Å²) in [5.74, 6) is -0.476. The molecule has 0 aliphatic carbocycles. The highest BCUT2D eigenvalue weighted by atomic mass is 35.5. The first-order valence-electron chi connectivity index (χ1n) is 5.80. The topological polar surface area (TPSA) is 38.7 Å². The van der Waals surface area contributed by atoms with Crippen LogP contribution in [-0.2, 0) is 0 Å². The van der Waals surface area contributed by atoms with Crippen LogP contribution in [-0.4, -0.2) is 15.0 Å². The van der Waals surface area contributed by atoms with Gasteiger partial charge in [-0.25, -0.2) is 14.4 Å².